The van der Waals surface area contributed by atoms with Crippen LogP contribution < -0.4 is 4.74 Å². The fraction of sp³-hybridized carbons (Fsp3) is 0. The summed E-state index contributed by atoms with van der Waals surface area (Å²) in [5.74, 6) is -0.314. The maximum Gasteiger partial charge on any atom is 0.347 e. The van der Waals surface area contributed by atoms with Crippen molar-refractivity contribution in [2.45, 2.75) is 0 Å². The van der Waals surface area contributed by atoms with Crippen molar-refractivity contribution in [2.75, 3.05) is 0 Å². The average molecular weight is 482 g/mol. The Kier molecular flexibility index (Phi) is 4.66. The van der Waals surface area contributed by atoms with Crippen LogP contribution in [0.1, 0.15) is 16.1 Å². The lowest BCUT2D eigenvalue weighted by Crippen LogP contribution is -2.25. The first-order valence-corrected chi connectivity index (χ1v) is 11.8. The molecule has 0 saturated heterocycles. The lowest BCUT2D eigenvalue weighted by atomic mass is 9.96. The van der Waals surface area contributed by atoms with Crippen LogP contribution in [0.25, 0.3) is 45.2 Å². The van der Waals surface area contributed by atoms with E-state index in [0.29, 0.717) is 28.4 Å². The Morgan fingerprint density at radius 1 is 0.757 bits per heavy atom. The number of hydrogen-bond donors (Lipinski definition) is 0. The number of nitrogens with zero attached hydrogens (tertiary/aromatic N) is 2. The molecule has 37 heavy (non-hydrogen) atoms. The van der Waals surface area contributed by atoms with Crippen LogP contribution in [0.3, 0.4) is 0 Å². The molecule has 1 aliphatic rings. The van der Waals surface area contributed by atoms with Crippen molar-refractivity contribution >= 4 is 39.8 Å². The van der Waals surface area contributed by atoms with Gasteiger partial charge >= 0.3 is 5.97 Å². The molecule has 0 amide bonds. The third kappa shape index (κ3) is 3.46. The number of carbonyl (C=O) groups is 2. The molecule has 0 N–H and O–H groups in total. The fourth-order valence-corrected chi connectivity index (χ4v) is 4.70. The number of Topliss-reactive ketones (excluding diaryl/α,β-unsaturated/α-hetero) is 1. The minimum atomic E-state index is -0.692. The highest BCUT2D eigenvalue weighted by Gasteiger charge is 2.32. The maximum atomic E-state index is 13.5. The van der Waals surface area contributed by atoms with E-state index < -0.39 is 5.97 Å². The number of rotatable bonds is 3. The molecule has 0 saturated carbocycles. The van der Waals surface area contributed by atoms with E-state index in [1.807, 2.05) is 89.5 Å². The van der Waals surface area contributed by atoms with E-state index in [4.69, 9.17) is 14.1 Å². The highest BCUT2D eigenvalue weighted by Crippen LogP contribution is 2.35. The fourth-order valence-electron chi connectivity index (χ4n) is 4.70. The number of benzene rings is 4. The van der Waals surface area contributed by atoms with E-state index in [9.17, 15) is 9.59 Å². The lowest BCUT2D eigenvalue weighted by Gasteiger charge is -2.18. The second-order valence-electron chi connectivity index (χ2n) is 8.79. The van der Waals surface area contributed by atoms with Gasteiger partial charge in [-0.15, -0.1) is 0 Å². The molecule has 3 heterocycles. The van der Waals surface area contributed by atoms with Crippen LogP contribution in [0, 0.1) is 0 Å². The minimum absolute atomic E-state index is 0.0524. The normalized spacial score (nSPS) is 14.3. The number of hydrogen-bond acceptors (Lipinski definition) is 5. The summed E-state index contributed by atoms with van der Waals surface area (Å²) in [4.78, 5) is 31.2. The second kappa shape index (κ2) is 8.17. The maximum absolute atomic E-state index is 13.5. The molecule has 1 aliphatic heterocycles. The van der Waals surface area contributed by atoms with Crippen molar-refractivity contribution in [1.82, 2.24) is 9.55 Å². The van der Waals surface area contributed by atoms with Crippen LogP contribution in [0.15, 0.2) is 113 Å². The van der Waals surface area contributed by atoms with Crippen LogP contribution in [-0.4, -0.2) is 21.3 Å². The Morgan fingerprint density at radius 2 is 1.43 bits per heavy atom. The van der Waals surface area contributed by atoms with Gasteiger partial charge in [0.15, 0.2) is 11.2 Å². The monoisotopic (exact) mass is 482 g/mol. The number of ether oxygens (including phenoxy) is 1. The Labute approximate surface area is 211 Å². The molecular formula is C31H18N2O4. The predicted molar refractivity (Wildman–Crippen MR) is 141 cm³/mol. The predicted octanol–water partition coefficient (Wildman–Crippen LogP) is 6.62. The Balaban J connectivity index is 1.39. The summed E-state index contributed by atoms with van der Waals surface area (Å²) in [7, 11) is 0. The van der Waals surface area contributed by atoms with Gasteiger partial charge in [-0.1, -0.05) is 60.7 Å². The summed E-state index contributed by atoms with van der Waals surface area (Å²) in [6, 6.07) is 32.2. The number of carbonyl (C=O) groups excluding carboxylic acids is 2. The van der Waals surface area contributed by atoms with Gasteiger partial charge in [-0.3, -0.25) is 9.36 Å². The first-order valence-electron chi connectivity index (χ1n) is 11.8. The van der Waals surface area contributed by atoms with Crippen molar-refractivity contribution in [2.24, 2.45) is 0 Å². The summed E-state index contributed by atoms with van der Waals surface area (Å²) in [5.41, 5.74) is 3.68. The summed E-state index contributed by atoms with van der Waals surface area (Å²) in [6.45, 7) is 0. The molecule has 0 atom stereocenters. The van der Waals surface area contributed by atoms with Crippen molar-refractivity contribution in [1.29, 1.82) is 0 Å². The van der Waals surface area contributed by atoms with Gasteiger partial charge in [0.25, 0.3) is 0 Å². The van der Waals surface area contributed by atoms with Gasteiger partial charge in [0.2, 0.25) is 11.7 Å². The van der Waals surface area contributed by atoms with E-state index in [1.54, 1.807) is 24.3 Å². The van der Waals surface area contributed by atoms with E-state index in [-0.39, 0.29) is 17.1 Å². The van der Waals surface area contributed by atoms with Crippen molar-refractivity contribution in [3.63, 3.8) is 0 Å². The molecular weight excluding hydrogens is 464 g/mol. The summed E-state index contributed by atoms with van der Waals surface area (Å²) >= 11 is 0. The van der Waals surface area contributed by atoms with E-state index in [1.165, 1.54) is 0 Å². The molecule has 0 aliphatic carbocycles. The second-order valence-corrected chi connectivity index (χ2v) is 8.79. The third-order valence-corrected chi connectivity index (χ3v) is 6.47. The van der Waals surface area contributed by atoms with Crippen LogP contribution in [-0.2, 0) is 4.79 Å². The van der Waals surface area contributed by atoms with Gasteiger partial charge in [-0.25, -0.2) is 4.79 Å². The summed E-state index contributed by atoms with van der Waals surface area (Å²) < 4.78 is 13.5. The van der Waals surface area contributed by atoms with Gasteiger partial charge in [0.05, 0.1) is 11.3 Å². The van der Waals surface area contributed by atoms with Crippen molar-refractivity contribution < 1.29 is 18.7 Å². The van der Waals surface area contributed by atoms with Crippen molar-refractivity contribution in [3.8, 4) is 22.9 Å². The molecule has 0 fully saturated rings. The van der Waals surface area contributed by atoms with Gasteiger partial charge in [0, 0.05) is 17.3 Å². The molecule has 176 valence electrons. The molecule has 4 aromatic carbocycles. The van der Waals surface area contributed by atoms with Crippen LogP contribution in [0.4, 0.5) is 0 Å². The molecule has 7 rings (SSSR count). The lowest BCUT2D eigenvalue weighted by molar-refractivity contribution is -0.130. The molecule has 6 nitrogen and oxygen atoms in total. The van der Waals surface area contributed by atoms with Crippen LogP contribution in [0.2, 0.25) is 0 Å². The van der Waals surface area contributed by atoms with Crippen molar-refractivity contribution in [3.05, 3.63) is 120 Å². The molecule has 0 radical (unpaired) electrons. The molecule has 0 unspecified atom stereocenters. The zero-order valence-electron chi connectivity index (χ0n) is 19.4. The highest BCUT2D eigenvalue weighted by molar-refractivity contribution is 6.30. The summed E-state index contributed by atoms with van der Waals surface area (Å²) in [5, 5.41) is 1.79. The first-order chi connectivity index (χ1) is 18.2. The Bertz CT molecular complexity index is 1880. The zero-order valence-corrected chi connectivity index (χ0v) is 19.4. The molecule has 0 bridgehead atoms. The van der Waals surface area contributed by atoms with E-state index in [0.717, 1.165) is 22.0 Å². The molecule has 2 aromatic heterocycles. The minimum Gasteiger partial charge on any atom is -0.434 e. The number of oxazole rings is 1. The number of para-hydroxylation sites is 1. The van der Waals surface area contributed by atoms with Gasteiger partial charge in [-0.05, 0) is 53.2 Å². The third-order valence-electron chi connectivity index (χ3n) is 6.47. The number of fused-ring (bicyclic) bond motifs is 3. The zero-order chi connectivity index (χ0) is 24.9. The first kappa shape index (κ1) is 21.1. The number of ketones is 1. The van der Waals surface area contributed by atoms with Gasteiger partial charge in [0.1, 0.15) is 11.3 Å². The average Bonchev–Trinajstić information content (AvgIpc) is 3.49. The topological polar surface area (TPSA) is 74.3 Å². The Morgan fingerprint density at radius 3 is 2.19 bits per heavy atom. The van der Waals surface area contributed by atoms with Gasteiger partial charge < -0.3 is 9.15 Å². The quantitative estimate of drug-likeness (QED) is 0.123. The Hall–Kier alpha value is -5.23. The van der Waals surface area contributed by atoms with Crippen LogP contribution in [0.5, 0.6) is 5.75 Å². The standard InChI is InChI=1S/C31H18N2O4/c34-28-24-15-20-11-7-8-12-21(20)16-26(24)37-31(35)25(28)17-23-18-27-29(33(23)22-13-5-2-6-14-22)32-30(36-27)19-9-3-1-4-10-19/h1-18H/b25-17-. The number of aromatic nitrogens is 2. The highest BCUT2D eigenvalue weighted by atomic mass is 16.5. The van der Waals surface area contributed by atoms with Crippen LogP contribution >= 0.6 is 0 Å². The molecule has 6 heteroatoms. The number of esters is 1. The van der Waals surface area contributed by atoms with Gasteiger partial charge in [-0.2, -0.15) is 4.98 Å². The SMILES string of the molecule is O=C1Oc2cc3ccccc3cc2C(=O)/C1=C/c1cc2oc(-c3ccccc3)nc2n1-c1ccccc1. The molecule has 6 aromatic rings. The molecule has 0 spiro atoms. The van der Waals surface area contributed by atoms with E-state index in [2.05, 4.69) is 0 Å². The summed E-state index contributed by atoms with van der Waals surface area (Å²) in [6.07, 6.45) is 1.55. The largest absolute Gasteiger partial charge is 0.434 e. The smallest absolute Gasteiger partial charge is 0.347 e. The van der Waals surface area contributed by atoms with E-state index >= 15 is 0 Å².